The van der Waals surface area contributed by atoms with Crippen LogP contribution in [-0.4, -0.2) is 44.3 Å². The van der Waals surface area contributed by atoms with E-state index in [4.69, 9.17) is 19.8 Å². The van der Waals surface area contributed by atoms with E-state index in [-0.39, 0.29) is 12.0 Å². The second kappa shape index (κ2) is 11.4. The number of carboxylic acids is 1. The molecule has 0 fully saturated rings. The average molecular weight is 361 g/mol. The maximum atomic E-state index is 12.0. The van der Waals surface area contributed by atoms with Crippen LogP contribution in [0.5, 0.6) is 11.5 Å². The predicted octanol–water partition coefficient (Wildman–Crippen LogP) is 1.22. The molecular weight excluding hydrogens is 338 g/mol. The number of nitrogens with one attached hydrogen (secondary N) is 2. The third-order valence-corrected chi connectivity index (χ3v) is 3.47. The predicted molar refractivity (Wildman–Crippen MR) is 94.8 cm³/mol. The Morgan fingerprint density at radius 1 is 1.23 bits per heavy atom. The molecular formula is C18H23N3O5. The summed E-state index contributed by atoms with van der Waals surface area (Å²) < 4.78 is 10.4. The van der Waals surface area contributed by atoms with Gasteiger partial charge in [-0.2, -0.15) is 5.26 Å². The first-order valence-electron chi connectivity index (χ1n) is 8.06. The number of amides is 1. The van der Waals surface area contributed by atoms with Crippen LogP contribution in [0, 0.1) is 11.3 Å². The summed E-state index contributed by atoms with van der Waals surface area (Å²) >= 11 is 0. The van der Waals surface area contributed by atoms with Crippen molar-refractivity contribution < 1.29 is 24.2 Å². The molecule has 1 aromatic rings. The molecule has 0 radical (unpaired) electrons. The lowest BCUT2D eigenvalue weighted by Crippen LogP contribution is -2.27. The van der Waals surface area contributed by atoms with E-state index in [1.165, 1.54) is 6.20 Å². The normalized spacial score (nSPS) is 10.6. The number of carbonyl (C=O) groups excluding carboxylic acids is 1. The Hall–Kier alpha value is -3.21. The Morgan fingerprint density at radius 2 is 1.96 bits per heavy atom. The maximum Gasteiger partial charge on any atom is 0.303 e. The lowest BCUT2D eigenvalue weighted by molar-refractivity contribution is -0.137. The SMILES string of the molecule is COc1ccc(CCNC(=O)/C(C#N)=C\NCCCC(=O)O)cc1OC. The topological polar surface area (TPSA) is 121 Å². The fourth-order valence-electron chi connectivity index (χ4n) is 2.12. The maximum absolute atomic E-state index is 12.0. The zero-order valence-corrected chi connectivity index (χ0v) is 14.9. The van der Waals surface area contributed by atoms with Crippen LogP contribution >= 0.6 is 0 Å². The van der Waals surface area contributed by atoms with Gasteiger partial charge in [0.25, 0.3) is 5.91 Å². The summed E-state index contributed by atoms with van der Waals surface area (Å²) in [7, 11) is 3.11. The summed E-state index contributed by atoms with van der Waals surface area (Å²) in [5.41, 5.74) is 0.893. The second-order valence-electron chi connectivity index (χ2n) is 5.32. The van der Waals surface area contributed by atoms with E-state index in [1.807, 2.05) is 18.2 Å². The van der Waals surface area contributed by atoms with E-state index >= 15 is 0 Å². The number of carboxylic acid groups (broad SMARTS) is 1. The number of carbonyl (C=O) groups is 2. The summed E-state index contributed by atoms with van der Waals surface area (Å²) in [5.74, 6) is -0.133. The number of methoxy groups -OCH3 is 2. The highest BCUT2D eigenvalue weighted by molar-refractivity contribution is 5.97. The summed E-state index contributed by atoms with van der Waals surface area (Å²) in [6, 6.07) is 7.31. The first-order valence-corrected chi connectivity index (χ1v) is 8.06. The van der Waals surface area contributed by atoms with Gasteiger partial charge in [-0.05, 0) is 30.5 Å². The van der Waals surface area contributed by atoms with E-state index in [2.05, 4.69) is 10.6 Å². The Balaban J connectivity index is 2.46. The van der Waals surface area contributed by atoms with Crippen LogP contribution in [0.2, 0.25) is 0 Å². The van der Waals surface area contributed by atoms with E-state index in [0.717, 1.165) is 5.56 Å². The Kier molecular flexibility index (Phi) is 9.10. The Bertz CT molecular complexity index is 695. The van der Waals surface area contributed by atoms with Gasteiger partial charge in [0.15, 0.2) is 11.5 Å². The molecule has 0 aromatic heterocycles. The fourth-order valence-corrected chi connectivity index (χ4v) is 2.12. The van der Waals surface area contributed by atoms with Crippen molar-refractivity contribution in [2.45, 2.75) is 19.3 Å². The number of ether oxygens (including phenoxy) is 2. The average Bonchev–Trinajstić information content (AvgIpc) is 2.64. The summed E-state index contributed by atoms with van der Waals surface area (Å²) in [6.07, 6.45) is 2.30. The number of nitrogens with zero attached hydrogens (tertiary/aromatic N) is 1. The lowest BCUT2D eigenvalue weighted by Gasteiger charge is -2.10. The molecule has 0 aliphatic heterocycles. The zero-order chi connectivity index (χ0) is 19.4. The summed E-state index contributed by atoms with van der Waals surface area (Å²) in [4.78, 5) is 22.4. The van der Waals surface area contributed by atoms with Crippen LogP contribution in [0.15, 0.2) is 30.0 Å². The van der Waals surface area contributed by atoms with E-state index in [1.54, 1.807) is 20.3 Å². The molecule has 0 unspecified atom stereocenters. The molecule has 26 heavy (non-hydrogen) atoms. The highest BCUT2D eigenvalue weighted by Gasteiger charge is 2.09. The highest BCUT2D eigenvalue weighted by atomic mass is 16.5. The van der Waals surface area contributed by atoms with Gasteiger partial charge in [-0.15, -0.1) is 0 Å². The van der Waals surface area contributed by atoms with Crippen LogP contribution in [0.25, 0.3) is 0 Å². The summed E-state index contributed by atoms with van der Waals surface area (Å²) in [6.45, 7) is 0.725. The van der Waals surface area contributed by atoms with Gasteiger partial charge >= 0.3 is 5.97 Å². The number of nitriles is 1. The second-order valence-corrected chi connectivity index (χ2v) is 5.32. The van der Waals surface area contributed by atoms with Crippen molar-refractivity contribution in [3.05, 3.63) is 35.5 Å². The van der Waals surface area contributed by atoms with Crippen molar-refractivity contribution in [1.82, 2.24) is 10.6 Å². The molecule has 140 valence electrons. The standard InChI is InChI=1S/C18H23N3O5/c1-25-15-6-5-13(10-16(15)26-2)7-9-21-18(24)14(11-19)12-20-8-3-4-17(22)23/h5-6,10,12,20H,3-4,7-9H2,1-2H3,(H,21,24)(H,22,23)/b14-12-. The van der Waals surface area contributed by atoms with E-state index in [0.29, 0.717) is 37.4 Å². The van der Waals surface area contributed by atoms with Crippen LogP contribution in [0.4, 0.5) is 0 Å². The Morgan fingerprint density at radius 3 is 2.58 bits per heavy atom. The van der Waals surface area contributed by atoms with Crippen molar-refractivity contribution >= 4 is 11.9 Å². The van der Waals surface area contributed by atoms with Gasteiger partial charge in [0.2, 0.25) is 0 Å². The smallest absolute Gasteiger partial charge is 0.303 e. The fraction of sp³-hybridized carbons (Fsp3) is 0.389. The highest BCUT2D eigenvalue weighted by Crippen LogP contribution is 2.27. The van der Waals surface area contributed by atoms with Crippen LogP contribution in [0.1, 0.15) is 18.4 Å². The monoisotopic (exact) mass is 361 g/mol. The zero-order valence-electron chi connectivity index (χ0n) is 14.9. The molecule has 0 atom stereocenters. The van der Waals surface area contributed by atoms with Gasteiger partial charge in [0.1, 0.15) is 11.6 Å². The minimum atomic E-state index is -0.885. The van der Waals surface area contributed by atoms with Crippen molar-refractivity contribution in [3.8, 4) is 17.6 Å². The minimum Gasteiger partial charge on any atom is -0.493 e. The summed E-state index contributed by atoms with van der Waals surface area (Å²) in [5, 5.41) is 23.0. The van der Waals surface area contributed by atoms with Gasteiger partial charge in [-0.3, -0.25) is 9.59 Å². The van der Waals surface area contributed by atoms with Crippen molar-refractivity contribution in [3.63, 3.8) is 0 Å². The molecule has 1 amide bonds. The number of rotatable bonds is 11. The molecule has 1 aromatic carbocycles. The van der Waals surface area contributed by atoms with Gasteiger partial charge in [-0.1, -0.05) is 6.07 Å². The number of benzene rings is 1. The molecule has 0 aliphatic carbocycles. The van der Waals surface area contributed by atoms with Gasteiger partial charge < -0.3 is 25.2 Å². The third-order valence-electron chi connectivity index (χ3n) is 3.47. The Labute approximate surface area is 152 Å². The molecule has 1 rings (SSSR count). The van der Waals surface area contributed by atoms with E-state index in [9.17, 15) is 9.59 Å². The molecule has 0 saturated heterocycles. The minimum absolute atomic E-state index is 0.0280. The van der Waals surface area contributed by atoms with Crippen molar-refractivity contribution in [2.75, 3.05) is 27.3 Å². The molecule has 0 saturated carbocycles. The largest absolute Gasteiger partial charge is 0.493 e. The molecule has 0 heterocycles. The quantitative estimate of drug-likeness (QED) is 0.308. The number of hydrogen-bond donors (Lipinski definition) is 3. The van der Waals surface area contributed by atoms with E-state index < -0.39 is 11.9 Å². The number of aliphatic carboxylic acids is 1. The first-order chi connectivity index (χ1) is 12.5. The van der Waals surface area contributed by atoms with Crippen LogP contribution in [-0.2, 0) is 16.0 Å². The molecule has 0 bridgehead atoms. The third kappa shape index (κ3) is 7.13. The van der Waals surface area contributed by atoms with Gasteiger partial charge in [-0.25, -0.2) is 0 Å². The van der Waals surface area contributed by atoms with Crippen molar-refractivity contribution in [2.24, 2.45) is 0 Å². The van der Waals surface area contributed by atoms with Crippen LogP contribution < -0.4 is 20.1 Å². The first kappa shape index (κ1) is 20.8. The lowest BCUT2D eigenvalue weighted by atomic mass is 10.1. The molecule has 0 aliphatic rings. The van der Waals surface area contributed by atoms with Gasteiger partial charge in [0.05, 0.1) is 14.2 Å². The molecule has 0 spiro atoms. The molecule has 8 heteroatoms. The number of hydrogen-bond acceptors (Lipinski definition) is 6. The van der Waals surface area contributed by atoms with Gasteiger partial charge in [0, 0.05) is 25.7 Å². The van der Waals surface area contributed by atoms with Crippen LogP contribution in [0.3, 0.4) is 0 Å². The molecule has 8 nitrogen and oxygen atoms in total. The van der Waals surface area contributed by atoms with Crippen molar-refractivity contribution in [1.29, 1.82) is 5.26 Å². The molecule has 3 N–H and O–H groups in total.